The molecule has 0 aliphatic carbocycles. The molecule has 0 unspecified atom stereocenters. The third-order valence-corrected chi connectivity index (χ3v) is 5.47. The first kappa shape index (κ1) is 18.3. The Labute approximate surface area is 154 Å². The molecule has 1 fully saturated rings. The Balaban J connectivity index is 1.75. The molecule has 0 aromatic carbocycles. The van der Waals surface area contributed by atoms with Gasteiger partial charge in [0.25, 0.3) is 5.56 Å². The molecule has 1 aliphatic heterocycles. The van der Waals surface area contributed by atoms with Gasteiger partial charge in [0.05, 0.1) is 6.54 Å². The number of Topliss-reactive ketones (excluding diaryl/α,β-unsaturated/α-hetero) is 1. The monoisotopic (exact) mass is 378 g/mol. The summed E-state index contributed by atoms with van der Waals surface area (Å²) >= 11 is 1.60. The number of aromatic nitrogens is 3. The van der Waals surface area contributed by atoms with Gasteiger partial charge in [-0.05, 0) is 6.42 Å². The molecule has 0 atom stereocenters. The van der Waals surface area contributed by atoms with Crippen LogP contribution in [-0.2, 0) is 14.1 Å². The Morgan fingerprint density at radius 1 is 1.19 bits per heavy atom. The molecule has 0 amide bonds. The van der Waals surface area contributed by atoms with Gasteiger partial charge in [-0.3, -0.25) is 23.6 Å². The number of rotatable bonds is 4. The zero-order valence-corrected chi connectivity index (χ0v) is 15.7. The molecular formula is C16H22N6O3S. The lowest BCUT2D eigenvalue weighted by Gasteiger charge is -2.21. The molecule has 1 saturated heterocycles. The largest absolute Gasteiger partial charge is 0.384 e. The number of carbonyl (C=O) groups is 1. The lowest BCUT2D eigenvalue weighted by atomic mass is 10.1. The summed E-state index contributed by atoms with van der Waals surface area (Å²) in [5.41, 5.74) is 4.57. The number of thiazole rings is 1. The van der Waals surface area contributed by atoms with Crippen LogP contribution in [0.1, 0.15) is 16.8 Å². The van der Waals surface area contributed by atoms with Gasteiger partial charge in [0.15, 0.2) is 10.9 Å². The van der Waals surface area contributed by atoms with Crippen molar-refractivity contribution in [1.29, 1.82) is 0 Å². The van der Waals surface area contributed by atoms with E-state index in [1.807, 2.05) is 10.3 Å². The summed E-state index contributed by atoms with van der Waals surface area (Å²) in [5, 5.41) is 2.93. The van der Waals surface area contributed by atoms with Crippen LogP contribution >= 0.6 is 11.3 Å². The molecule has 26 heavy (non-hydrogen) atoms. The van der Waals surface area contributed by atoms with E-state index in [4.69, 9.17) is 5.73 Å². The molecule has 0 spiro atoms. The Bertz CT molecular complexity index is 917. The summed E-state index contributed by atoms with van der Waals surface area (Å²) in [5.74, 6) is -0.441. The lowest BCUT2D eigenvalue weighted by molar-refractivity contribution is 0.0933. The van der Waals surface area contributed by atoms with Gasteiger partial charge in [-0.15, -0.1) is 11.3 Å². The van der Waals surface area contributed by atoms with Gasteiger partial charge in [-0.2, -0.15) is 0 Å². The SMILES string of the molecule is Cn1c(N)c(C(=O)CN2CCCN(c3nccs3)CC2)c(=O)n(C)c1=O. The van der Waals surface area contributed by atoms with Crippen LogP contribution in [-0.4, -0.2) is 57.5 Å². The van der Waals surface area contributed by atoms with E-state index in [9.17, 15) is 14.4 Å². The number of anilines is 2. The topological polar surface area (TPSA) is 106 Å². The van der Waals surface area contributed by atoms with Crippen molar-refractivity contribution in [3.63, 3.8) is 0 Å². The molecule has 140 valence electrons. The maximum atomic E-state index is 12.7. The van der Waals surface area contributed by atoms with Crippen molar-refractivity contribution in [1.82, 2.24) is 19.0 Å². The first-order valence-corrected chi connectivity index (χ1v) is 9.23. The van der Waals surface area contributed by atoms with Gasteiger partial charge < -0.3 is 10.6 Å². The Morgan fingerprint density at radius 3 is 2.65 bits per heavy atom. The van der Waals surface area contributed by atoms with Crippen LogP contribution in [0.3, 0.4) is 0 Å². The van der Waals surface area contributed by atoms with E-state index in [0.29, 0.717) is 6.54 Å². The molecule has 9 nitrogen and oxygen atoms in total. The Hall–Kier alpha value is -2.46. The average molecular weight is 378 g/mol. The van der Waals surface area contributed by atoms with E-state index < -0.39 is 11.2 Å². The summed E-state index contributed by atoms with van der Waals surface area (Å²) in [6, 6.07) is 0. The van der Waals surface area contributed by atoms with Crippen LogP contribution in [0.25, 0.3) is 0 Å². The van der Waals surface area contributed by atoms with Gasteiger partial charge >= 0.3 is 5.69 Å². The number of nitrogens with two attached hydrogens (primary N) is 1. The Kier molecular flexibility index (Phi) is 5.23. The highest BCUT2D eigenvalue weighted by Gasteiger charge is 2.24. The number of nitrogen functional groups attached to an aromatic ring is 1. The summed E-state index contributed by atoms with van der Waals surface area (Å²) in [7, 11) is 2.80. The number of hydrogen-bond donors (Lipinski definition) is 1. The fraction of sp³-hybridized carbons (Fsp3) is 0.500. The van der Waals surface area contributed by atoms with E-state index in [1.165, 1.54) is 14.1 Å². The molecule has 0 bridgehead atoms. The number of ketones is 1. The summed E-state index contributed by atoms with van der Waals surface area (Å²) in [6.07, 6.45) is 2.68. The number of carbonyl (C=O) groups excluding carboxylic acids is 1. The van der Waals surface area contributed by atoms with Crippen molar-refractivity contribution < 1.29 is 4.79 Å². The van der Waals surface area contributed by atoms with Crippen LogP contribution in [0, 0.1) is 0 Å². The van der Waals surface area contributed by atoms with Crippen LogP contribution in [0.15, 0.2) is 21.2 Å². The second-order valence-electron chi connectivity index (χ2n) is 6.32. The molecule has 2 N–H and O–H groups in total. The lowest BCUT2D eigenvalue weighted by Crippen LogP contribution is -2.43. The van der Waals surface area contributed by atoms with Crippen LogP contribution < -0.4 is 21.9 Å². The minimum atomic E-state index is -0.644. The van der Waals surface area contributed by atoms with Crippen molar-refractivity contribution >= 4 is 28.1 Å². The molecule has 3 rings (SSSR count). The zero-order chi connectivity index (χ0) is 18.8. The minimum Gasteiger partial charge on any atom is -0.384 e. The maximum absolute atomic E-state index is 12.7. The predicted octanol–water partition coefficient (Wildman–Crippen LogP) is -0.482. The number of hydrogen-bond acceptors (Lipinski definition) is 8. The standard InChI is InChI=1S/C16H22N6O3S/c1-19-13(17)12(14(24)20(2)16(19)25)11(23)10-21-5-3-6-22(8-7-21)15-18-4-9-26-15/h4,9H,3,5-8,10,17H2,1-2H3. The molecule has 3 heterocycles. The fourth-order valence-electron chi connectivity index (χ4n) is 3.10. The van der Waals surface area contributed by atoms with Crippen LogP contribution in [0.2, 0.25) is 0 Å². The molecule has 0 radical (unpaired) electrons. The van der Waals surface area contributed by atoms with Crippen LogP contribution in [0.4, 0.5) is 10.9 Å². The van der Waals surface area contributed by atoms with E-state index in [-0.39, 0.29) is 23.7 Å². The first-order valence-electron chi connectivity index (χ1n) is 8.35. The zero-order valence-electron chi connectivity index (χ0n) is 14.8. The summed E-state index contributed by atoms with van der Waals surface area (Å²) in [6.45, 7) is 3.18. The van der Waals surface area contributed by atoms with Crippen molar-refractivity contribution in [3.05, 3.63) is 38.0 Å². The molecular weight excluding hydrogens is 356 g/mol. The highest BCUT2D eigenvalue weighted by molar-refractivity contribution is 7.13. The van der Waals surface area contributed by atoms with Gasteiger partial charge in [0.2, 0.25) is 0 Å². The van der Waals surface area contributed by atoms with E-state index in [1.54, 1.807) is 17.5 Å². The van der Waals surface area contributed by atoms with Crippen molar-refractivity contribution in [3.8, 4) is 0 Å². The molecule has 0 saturated carbocycles. The smallest absolute Gasteiger partial charge is 0.332 e. The molecule has 1 aliphatic rings. The van der Waals surface area contributed by atoms with Crippen molar-refractivity contribution in [2.45, 2.75) is 6.42 Å². The highest BCUT2D eigenvalue weighted by Crippen LogP contribution is 2.19. The van der Waals surface area contributed by atoms with Gasteiger partial charge in [0.1, 0.15) is 11.4 Å². The minimum absolute atomic E-state index is 0.0812. The van der Waals surface area contributed by atoms with Gasteiger partial charge in [0, 0.05) is 51.9 Å². The van der Waals surface area contributed by atoms with E-state index in [2.05, 4.69) is 9.88 Å². The van der Waals surface area contributed by atoms with Gasteiger partial charge in [-0.1, -0.05) is 0 Å². The average Bonchev–Trinajstić information content (AvgIpc) is 3.06. The predicted molar refractivity (Wildman–Crippen MR) is 101 cm³/mol. The van der Waals surface area contributed by atoms with Crippen LogP contribution in [0.5, 0.6) is 0 Å². The van der Waals surface area contributed by atoms with Crippen molar-refractivity contribution in [2.75, 3.05) is 43.4 Å². The van der Waals surface area contributed by atoms with Gasteiger partial charge in [-0.25, -0.2) is 9.78 Å². The summed E-state index contributed by atoms with van der Waals surface area (Å²) < 4.78 is 2.04. The van der Waals surface area contributed by atoms with E-state index in [0.717, 1.165) is 40.3 Å². The van der Waals surface area contributed by atoms with E-state index >= 15 is 0 Å². The highest BCUT2D eigenvalue weighted by atomic mass is 32.1. The fourth-order valence-corrected chi connectivity index (χ4v) is 3.79. The molecule has 2 aromatic rings. The maximum Gasteiger partial charge on any atom is 0.332 e. The second-order valence-corrected chi connectivity index (χ2v) is 7.19. The van der Waals surface area contributed by atoms with Crippen molar-refractivity contribution in [2.24, 2.45) is 14.1 Å². The second kappa shape index (κ2) is 7.42. The molecule has 2 aromatic heterocycles. The third kappa shape index (κ3) is 3.42. The summed E-state index contributed by atoms with van der Waals surface area (Å²) in [4.78, 5) is 45.5. The quantitative estimate of drug-likeness (QED) is 0.716. The third-order valence-electron chi connectivity index (χ3n) is 4.63. The number of nitrogens with zero attached hydrogens (tertiary/aromatic N) is 5. The first-order chi connectivity index (χ1) is 12.4. The Morgan fingerprint density at radius 2 is 1.96 bits per heavy atom. The normalized spacial score (nSPS) is 15.8. The molecule has 10 heteroatoms.